The number of nitrogens with two attached hydrogens (primary N) is 1. The second kappa shape index (κ2) is 7.14. The van der Waals surface area contributed by atoms with Crippen molar-refractivity contribution in [1.82, 2.24) is 0 Å². The van der Waals surface area contributed by atoms with Crippen LogP contribution >= 0.6 is 0 Å². The van der Waals surface area contributed by atoms with Crippen LogP contribution in [0, 0.1) is 6.92 Å². The van der Waals surface area contributed by atoms with Gasteiger partial charge >= 0.3 is 0 Å². The summed E-state index contributed by atoms with van der Waals surface area (Å²) < 4.78 is 11.5. The highest BCUT2D eigenvalue weighted by molar-refractivity contribution is 5.32. The van der Waals surface area contributed by atoms with Crippen molar-refractivity contribution in [3.05, 3.63) is 59.7 Å². The average Bonchev–Trinajstić information content (AvgIpc) is 2.47. The Labute approximate surface area is 126 Å². The molecule has 3 heteroatoms. The van der Waals surface area contributed by atoms with Gasteiger partial charge in [0.25, 0.3) is 0 Å². The summed E-state index contributed by atoms with van der Waals surface area (Å²) in [7, 11) is 0. The summed E-state index contributed by atoms with van der Waals surface area (Å²) >= 11 is 0. The van der Waals surface area contributed by atoms with E-state index in [-0.39, 0.29) is 12.1 Å². The predicted octanol–water partition coefficient (Wildman–Crippen LogP) is 3.86. The van der Waals surface area contributed by atoms with Crippen molar-refractivity contribution in [3.8, 4) is 11.5 Å². The Kier molecular flexibility index (Phi) is 5.23. The van der Waals surface area contributed by atoms with Gasteiger partial charge in [-0.25, -0.2) is 0 Å². The highest BCUT2D eigenvalue weighted by Crippen LogP contribution is 2.26. The zero-order valence-electron chi connectivity index (χ0n) is 12.9. The van der Waals surface area contributed by atoms with Gasteiger partial charge in [0.15, 0.2) is 0 Å². The third-order valence-corrected chi connectivity index (χ3v) is 3.28. The molecule has 0 saturated heterocycles. The molecule has 0 amide bonds. The largest absolute Gasteiger partial charge is 0.494 e. The van der Waals surface area contributed by atoms with E-state index in [1.807, 2.05) is 38.1 Å². The first-order valence-electron chi connectivity index (χ1n) is 7.32. The van der Waals surface area contributed by atoms with Gasteiger partial charge in [-0.3, -0.25) is 0 Å². The molecule has 2 aromatic rings. The molecule has 2 atom stereocenters. The Bertz CT molecular complexity index is 546. The fraction of sp³-hybridized carbons (Fsp3) is 0.333. The molecule has 2 rings (SSSR count). The number of benzene rings is 2. The quantitative estimate of drug-likeness (QED) is 0.876. The molecule has 0 fully saturated rings. The molecule has 0 aliphatic heterocycles. The smallest absolute Gasteiger partial charge is 0.138 e. The number of aryl methyl sites for hydroxylation is 1. The number of hydrogen-bond donors (Lipinski definition) is 1. The van der Waals surface area contributed by atoms with Crippen LogP contribution < -0.4 is 15.2 Å². The lowest BCUT2D eigenvalue weighted by Gasteiger charge is -2.23. The molecular weight excluding hydrogens is 262 g/mol. The van der Waals surface area contributed by atoms with Gasteiger partial charge in [0.1, 0.15) is 17.6 Å². The van der Waals surface area contributed by atoms with Crippen LogP contribution in [0.25, 0.3) is 0 Å². The Balaban J connectivity index is 2.14. The Morgan fingerprint density at radius 1 is 0.952 bits per heavy atom. The first-order chi connectivity index (χ1) is 10.1. The maximum Gasteiger partial charge on any atom is 0.138 e. The first kappa shape index (κ1) is 15.4. The fourth-order valence-electron chi connectivity index (χ4n) is 2.16. The maximum atomic E-state index is 6.08. The van der Waals surface area contributed by atoms with E-state index in [2.05, 4.69) is 31.2 Å². The van der Waals surface area contributed by atoms with E-state index in [0.29, 0.717) is 6.61 Å². The van der Waals surface area contributed by atoms with Crippen molar-refractivity contribution in [2.45, 2.75) is 32.9 Å². The van der Waals surface area contributed by atoms with Crippen molar-refractivity contribution in [2.24, 2.45) is 5.73 Å². The molecule has 0 heterocycles. The van der Waals surface area contributed by atoms with Gasteiger partial charge in [-0.05, 0) is 50.6 Å². The van der Waals surface area contributed by atoms with E-state index in [4.69, 9.17) is 15.2 Å². The second-order valence-electron chi connectivity index (χ2n) is 5.21. The molecule has 112 valence electrons. The lowest BCUT2D eigenvalue weighted by molar-refractivity contribution is 0.180. The van der Waals surface area contributed by atoms with Crippen LogP contribution in [0.2, 0.25) is 0 Å². The highest BCUT2D eigenvalue weighted by Gasteiger charge is 2.18. The predicted molar refractivity (Wildman–Crippen MR) is 85.8 cm³/mol. The summed E-state index contributed by atoms with van der Waals surface area (Å²) in [5.74, 6) is 1.64. The summed E-state index contributed by atoms with van der Waals surface area (Å²) in [4.78, 5) is 0. The van der Waals surface area contributed by atoms with Crippen molar-refractivity contribution in [1.29, 1.82) is 0 Å². The van der Waals surface area contributed by atoms with Gasteiger partial charge in [-0.15, -0.1) is 0 Å². The molecule has 3 nitrogen and oxygen atoms in total. The third-order valence-electron chi connectivity index (χ3n) is 3.28. The molecule has 0 spiro atoms. The normalized spacial score (nSPS) is 13.5. The fourth-order valence-corrected chi connectivity index (χ4v) is 2.16. The van der Waals surface area contributed by atoms with Crippen LogP contribution in [0.5, 0.6) is 11.5 Å². The first-order valence-corrected chi connectivity index (χ1v) is 7.32. The average molecular weight is 285 g/mol. The molecule has 0 radical (unpaired) electrons. The van der Waals surface area contributed by atoms with Gasteiger partial charge in [0.05, 0.1) is 6.61 Å². The lowest BCUT2D eigenvalue weighted by Crippen LogP contribution is -2.29. The molecule has 2 N–H and O–H groups in total. The molecule has 21 heavy (non-hydrogen) atoms. The molecule has 0 saturated carbocycles. The SMILES string of the molecule is CCOc1ccc(OC(c2ccc(C)cc2)C(C)N)cc1. The minimum absolute atomic E-state index is 0.0979. The van der Waals surface area contributed by atoms with E-state index in [9.17, 15) is 0 Å². The minimum Gasteiger partial charge on any atom is -0.494 e. The van der Waals surface area contributed by atoms with Crippen LogP contribution in [0.3, 0.4) is 0 Å². The molecule has 0 bridgehead atoms. The molecule has 0 aliphatic carbocycles. The van der Waals surface area contributed by atoms with E-state index < -0.39 is 0 Å². The summed E-state index contributed by atoms with van der Waals surface area (Å²) in [6.07, 6.45) is -0.163. The van der Waals surface area contributed by atoms with Gasteiger partial charge in [0.2, 0.25) is 0 Å². The molecule has 0 aromatic heterocycles. The summed E-state index contributed by atoms with van der Waals surface area (Å²) in [5.41, 5.74) is 8.40. The van der Waals surface area contributed by atoms with Crippen molar-refractivity contribution >= 4 is 0 Å². The van der Waals surface area contributed by atoms with E-state index in [0.717, 1.165) is 17.1 Å². The Morgan fingerprint density at radius 2 is 1.52 bits per heavy atom. The van der Waals surface area contributed by atoms with Crippen LogP contribution in [0.1, 0.15) is 31.1 Å². The van der Waals surface area contributed by atoms with E-state index in [1.54, 1.807) is 0 Å². The van der Waals surface area contributed by atoms with Crippen molar-refractivity contribution in [2.75, 3.05) is 6.61 Å². The highest BCUT2D eigenvalue weighted by atomic mass is 16.5. The molecule has 2 unspecified atom stereocenters. The number of rotatable bonds is 6. The van der Waals surface area contributed by atoms with Gasteiger partial charge in [0, 0.05) is 6.04 Å². The monoisotopic (exact) mass is 285 g/mol. The number of hydrogen-bond acceptors (Lipinski definition) is 3. The zero-order chi connectivity index (χ0) is 15.2. The molecule has 2 aromatic carbocycles. The molecular formula is C18H23NO2. The zero-order valence-corrected chi connectivity index (χ0v) is 12.9. The number of ether oxygens (including phenoxy) is 2. The van der Waals surface area contributed by atoms with Gasteiger partial charge in [-0.1, -0.05) is 29.8 Å². The summed E-state index contributed by atoms with van der Waals surface area (Å²) in [6.45, 7) is 6.65. The Hall–Kier alpha value is -2.00. The van der Waals surface area contributed by atoms with Gasteiger partial charge < -0.3 is 15.2 Å². The topological polar surface area (TPSA) is 44.5 Å². The minimum atomic E-state index is -0.163. The van der Waals surface area contributed by atoms with Crippen molar-refractivity contribution < 1.29 is 9.47 Å². The van der Waals surface area contributed by atoms with Crippen LogP contribution in [0.15, 0.2) is 48.5 Å². The maximum absolute atomic E-state index is 6.08. The van der Waals surface area contributed by atoms with Crippen LogP contribution in [-0.4, -0.2) is 12.6 Å². The van der Waals surface area contributed by atoms with Crippen LogP contribution in [-0.2, 0) is 0 Å². The van der Waals surface area contributed by atoms with Crippen LogP contribution in [0.4, 0.5) is 0 Å². The van der Waals surface area contributed by atoms with Gasteiger partial charge in [-0.2, -0.15) is 0 Å². The third kappa shape index (κ3) is 4.23. The van der Waals surface area contributed by atoms with E-state index in [1.165, 1.54) is 5.56 Å². The summed E-state index contributed by atoms with van der Waals surface area (Å²) in [5, 5.41) is 0. The molecule has 0 aliphatic rings. The van der Waals surface area contributed by atoms with E-state index >= 15 is 0 Å². The van der Waals surface area contributed by atoms with Crippen molar-refractivity contribution in [3.63, 3.8) is 0 Å². The standard InChI is InChI=1S/C18H23NO2/c1-4-20-16-9-11-17(12-10-16)21-18(14(3)19)15-7-5-13(2)6-8-15/h5-12,14,18H,4,19H2,1-3H3. The second-order valence-corrected chi connectivity index (χ2v) is 5.21. The lowest BCUT2D eigenvalue weighted by atomic mass is 10.0. The Morgan fingerprint density at radius 3 is 2.05 bits per heavy atom. The summed E-state index contributed by atoms with van der Waals surface area (Å²) in [6, 6.07) is 15.8.